The molecule has 24 heavy (non-hydrogen) atoms. The first kappa shape index (κ1) is 15.6. The predicted molar refractivity (Wildman–Crippen MR) is 95.0 cm³/mol. The molecule has 1 atom stereocenters. The van der Waals surface area contributed by atoms with Crippen LogP contribution in [0.15, 0.2) is 29.8 Å². The van der Waals surface area contributed by atoms with E-state index >= 15 is 0 Å². The Kier molecular flexibility index (Phi) is 4.00. The minimum absolute atomic E-state index is 0.235. The van der Waals surface area contributed by atoms with Crippen molar-refractivity contribution in [2.45, 2.75) is 32.7 Å². The third kappa shape index (κ3) is 2.79. The summed E-state index contributed by atoms with van der Waals surface area (Å²) in [5.41, 5.74) is 0.779. The Balaban J connectivity index is 1.50. The molecule has 0 aromatic carbocycles. The van der Waals surface area contributed by atoms with Crippen molar-refractivity contribution in [2.24, 2.45) is 5.41 Å². The molecular weight excluding hydrogens is 320 g/mol. The summed E-state index contributed by atoms with van der Waals surface area (Å²) in [4.78, 5) is 26.4. The van der Waals surface area contributed by atoms with Gasteiger partial charge in [-0.15, -0.1) is 11.3 Å². The number of hydrogen-bond donors (Lipinski definition) is 0. The van der Waals surface area contributed by atoms with E-state index in [9.17, 15) is 4.79 Å². The average molecular weight is 342 g/mol. The number of carbonyl (C=O) groups is 1. The van der Waals surface area contributed by atoms with Crippen LogP contribution in [0.25, 0.3) is 0 Å². The molecule has 0 N–H and O–H groups in total. The Hall–Kier alpha value is -1.95. The Bertz CT molecular complexity index is 732. The number of hydrogen-bond acceptors (Lipinski definition) is 5. The van der Waals surface area contributed by atoms with E-state index in [1.54, 1.807) is 11.3 Å². The van der Waals surface area contributed by atoms with E-state index in [0.717, 1.165) is 55.4 Å². The molecular formula is C18H22N4OS. The van der Waals surface area contributed by atoms with Crippen LogP contribution in [0.5, 0.6) is 0 Å². The van der Waals surface area contributed by atoms with Crippen molar-refractivity contribution in [3.63, 3.8) is 0 Å². The molecule has 4 rings (SSSR count). The molecule has 2 fully saturated rings. The second-order valence-electron chi connectivity index (χ2n) is 6.83. The summed E-state index contributed by atoms with van der Waals surface area (Å²) in [6.45, 7) is 5.26. The molecule has 5 nitrogen and oxygen atoms in total. The molecule has 2 aliphatic heterocycles. The van der Waals surface area contributed by atoms with E-state index in [1.165, 1.54) is 0 Å². The van der Waals surface area contributed by atoms with Crippen LogP contribution in [0, 0.1) is 12.3 Å². The van der Waals surface area contributed by atoms with Gasteiger partial charge >= 0.3 is 0 Å². The number of rotatable bonds is 3. The van der Waals surface area contributed by atoms with Crippen LogP contribution >= 0.6 is 11.3 Å². The molecule has 2 aliphatic rings. The van der Waals surface area contributed by atoms with Crippen molar-refractivity contribution in [1.29, 1.82) is 0 Å². The monoisotopic (exact) mass is 342 g/mol. The lowest BCUT2D eigenvalue weighted by molar-refractivity contribution is -0.137. The van der Waals surface area contributed by atoms with E-state index in [4.69, 9.17) is 0 Å². The van der Waals surface area contributed by atoms with Crippen LogP contribution in [0.1, 0.15) is 30.0 Å². The number of thiazole rings is 1. The molecule has 6 heteroatoms. The number of anilines is 1. The first-order valence-electron chi connectivity index (χ1n) is 8.53. The van der Waals surface area contributed by atoms with Crippen LogP contribution in [-0.4, -0.2) is 40.4 Å². The Morgan fingerprint density at radius 1 is 1.29 bits per heavy atom. The molecule has 0 bridgehead atoms. The molecule has 1 spiro atoms. The van der Waals surface area contributed by atoms with Crippen molar-refractivity contribution >= 4 is 23.1 Å². The fourth-order valence-electron chi connectivity index (χ4n) is 3.97. The number of carbonyl (C=O) groups excluding carboxylic acids is 1. The maximum atomic E-state index is 13.1. The Morgan fingerprint density at radius 2 is 2.21 bits per heavy atom. The lowest BCUT2D eigenvalue weighted by Gasteiger charge is -2.39. The zero-order valence-electron chi connectivity index (χ0n) is 13.9. The fraction of sp³-hybridized carbons (Fsp3) is 0.500. The van der Waals surface area contributed by atoms with Gasteiger partial charge in [0, 0.05) is 31.2 Å². The van der Waals surface area contributed by atoms with Gasteiger partial charge in [-0.05, 0) is 38.3 Å². The molecule has 126 valence electrons. The van der Waals surface area contributed by atoms with E-state index in [1.807, 2.05) is 36.2 Å². The van der Waals surface area contributed by atoms with Crippen molar-refractivity contribution in [3.05, 3.63) is 40.5 Å². The van der Waals surface area contributed by atoms with Gasteiger partial charge < -0.3 is 9.80 Å². The number of aryl methyl sites for hydroxylation is 1. The standard InChI is InChI=1S/C18H22N4OS/c1-14-20-15(12-24-14)11-21-10-7-18(17(21)23)6-4-9-22(13-18)16-5-2-3-8-19-16/h2-3,5,8,12H,4,6-7,9-11,13H2,1H3/t18-/m1/s1. The van der Waals surface area contributed by atoms with Crippen molar-refractivity contribution in [2.75, 3.05) is 24.5 Å². The normalized spacial score (nSPS) is 24.1. The highest BCUT2D eigenvalue weighted by atomic mass is 32.1. The zero-order chi connectivity index (χ0) is 16.6. The maximum absolute atomic E-state index is 13.1. The molecule has 0 aliphatic carbocycles. The molecule has 2 saturated heterocycles. The number of pyridine rings is 1. The second kappa shape index (κ2) is 6.16. The molecule has 2 aromatic rings. The number of amides is 1. The topological polar surface area (TPSA) is 49.3 Å². The second-order valence-corrected chi connectivity index (χ2v) is 7.89. The number of piperidine rings is 1. The molecule has 4 heterocycles. The van der Waals surface area contributed by atoms with Gasteiger partial charge in [-0.2, -0.15) is 0 Å². The largest absolute Gasteiger partial charge is 0.356 e. The average Bonchev–Trinajstić information content (AvgIpc) is 3.15. The van der Waals surface area contributed by atoms with Crippen molar-refractivity contribution < 1.29 is 4.79 Å². The van der Waals surface area contributed by atoms with Gasteiger partial charge in [0.25, 0.3) is 0 Å². The smallest absolute Gasteiger partial charge is 0.231 e. The van der Waals surface area contributed by atoms with E-state index < -0.39 is 0 Å². The molecule has 0 unspecified atom stereocenters. The van der Waals surface area contributed by atoms with E-state index in [2.05, 4.69) is 20.2 Å². The minimum Gasteiger partial charge on any atom is -0.356 e. The van der Waals surface area contributed by atoms with Crippen molar-refractivity contribution in [1.82, 2.24) is 14.9 Å². The fourth-order valence-corrected chi connectivity index (χ4v) is 4.57. The maximum Gasteiger partial charge on any atom is 0.231 e. The quantitative estimate of drug-likeness (QED) is 0.861. The SMILES string of the molecule is Cc1nc(CN2CC[C@@]3(CCCN(c4ccccn4)C3)C2=O)cs1. The highest BCUT2D eigenvalue weighted by molar-refractivity contribution is 7.09. The van der Waals surface area contributed by atoms with Crippen molar-refractivity contribution in [3.8, 4) is 0 Å². The molecule has 0 radical (unpaired) electrons. The number of likely N-dealkylation sites (tertiary alicyclic amines) is 1. The van der Waals surface area contributed by atoms with E-state index in [-0.39, 0.29) is 5.41 Å². The molecule has 0 saturated carbocycles. The summed E-state index contributed by atoms with van der Waals surface area (Å²) in [5, 5.41) is 3.12. The van der Waals surface area contributed by atoms with Gasteiger partial charge in [0.1, 0.15) is 5.82 Å². The van der Waals surface area contributed by atoms with Crippen LogP contribution in [0.4, 0.5) is 5.82 Å². The third-order valence-corrected chi connectivity index (χ3v) is 5.99. The molecule has 1 amide bonds. The first-order valence-corrected chi connectivity index (χ1v) is 9.41. The van der Waals surface area contributed by atoms with E-state index in [0.29, 0.717) is 12.5 Å². The zero-order valence-corrected chi connectivity index (χ0v) is 14.8. The summed E-state index contributed by atoms with van der Waals surface area (Å²) in [6.07, 6.45) is 4.80. The van der Waals surface area contributed by atoms with Gasteiger partial charge in [-0.25, -0.2) is 9.97 Å². The van der Waals surface area contributed by atoms with Gasteiger partial charge in [-0.3, -0.25) is 4.79 Å². The van der Waals surface area contributed by atoms with Crippen LogP contribution in [-0.2, 0) is 11.3 Å². The summed E-state index contributed by atoms with van der Waals surface area (Å²) in [7, 11) is 0. The number of aromatic nitrogens is 2. The summed E-state index contributed by atoms with van der Waals surface area (Å²) in [5.74, 6) is 1.28. The minimum atomic E-state index is -0.235. The lowest BCUT2D eigenvalue weighted by Crippen LogP contribution is -2.48. The van der Waals surface area contributed by atoms with Gasteiger partial charge in [0.05, 0.1) is 22.7 Å². The van der Waals surface area contributed by atoms with Gasteiger partial charge in [0.2, 0.25) is 5.91 Å². The highest BCUT2D eigenvalue weighted by Gasteiger charge is 2.49. The van der Waals surface area contributed by atoms with Crippen LogP contribution < -0.4 is 4.90 Å². The lowest BCUT2D eigenvalue weighted by atomic mass is 9.78. The van der Waals surface area contributed by atoms with Gasteiger partial charge in [-0.1, -0.05) is 6.07 Å². The third-order valence-electron chi connectivity index (χ3n) is 5.17. The Labute approximate surface area is 146 Å². The van der Waals surface area contributed by atoms with Crippen LogP contribution in [0.2, 0.25) is 0 Å². The number of nitrogens with zero attached hydrogens (tertiary/aromatic N) is 4. The summed E-state index contributed by atoms with van der Waals surface area (Å²) < 4.78 is 0. The van der Waals surface area contributed by atoms with Gasteiger partial charge in [0.15, 0.2) is 0 Å². The first-order chi connectivity index (χ1) is 11.7. The summed E-state index contributed by atoms with van der Waals surface area (Å²) >= 11 is 1.65. The Morgan fingerprint density at radius 3 is 2.96 bits per heavy atom. The molecule has 2 aromatic heterocycles. The predicted octanol–water partition coefficient (Wildman–Crippen LogP) is 2.87. The van der Waals surface area contributed by atoms with Crippen LogP contribution in [0.3, 0.4) is 0 Å². The highest BCUT2D eigenvalue weighted by Crippen LogP contribution is 2.41. The summed E-state index contributed by atoms with van der Waals surface area (Å²) in [6, 6.07) is 5.98.